The molecule has 0 amide bonds. The third-order valence-electron chi connectivity index (χ3n) is 2.69. The van der Waals surface area contributed by atoms with Crippen molar-refractivity contribution in [2.45, 2.75) is 40.7 Å². The van der Waals surface area contributed by atoms with E-state index < -0.39 is 0 Å². The number of nitrogens with one attached hydrogen (secondary N) is 1. The van der Waals surface area contributed by atoms with E-state index in [0.717, 1.165) is 12.1 Å². The summed E-state index contributed by atoms with van der Waals surface area (Å²) < 4.78 is 19.1. The molecule has 0 aliphatic rings. The van der Waals surface area contributed by atoms with E-state index in [9.17, 15) is 4.39 Å². The molecule has 0 fully saturated rings. The smallest absolute Gasteiger partial charge is 0.165 e. The predicted octanol–water partition coefficient (Wildman–Crippen LogP) is 3.54. The Labute approximate surface area is 110 Å². The molecular weight excluding hydrogens is 229 g/mol. The Morgan fingerprint density at radius 3 is 2.61 bits per heavy atom. The Morgan fingerprint density at radius 1 is 1.33 bits per heavy atom. The lowest BCUT2D eigenvalue weighted by atomic mass is 9.94. The van der Waals surface area contributed by atoms with Crippen molar-refractivity contribution in [1.29, 1.82) is 0 Å². The summed E-state index contributed by atoms with van der Waals surface area (Å²) in [6, 6.07) is 5.37. The number of halogens is 1. The van der Waals surface area contributed by atoms with Crippen molar-refractivity contribution in [3.63, 3.8) is 0 Å². The molecule has 0 atom stereocenters. The molecule has 0 saturated carbocycles. The lowest BCUT2D eigenvalue weighted by Gasteiger charge is -2.26. The zero-order valence-corrected chi connectivity index (χ0v) is 12.0. The van der Waals surface area contributed by atoms with E-state index in [1.807, 2.05) is 6.92 Å². The lowest BCUT2D eigenvalue weighted by molar-refractivity contribution is 0.168. The van der Waals surface area contributed by atoms with E-state index in [-0.39, 0.29) is 11.2 Å². The number of rotatable bonds is 6. The van der Waals surface area contributed by atoms with E-state index in [2.05, 4.69) is 33.0 Å². The molecule has 0 aliphatic carbocycles. The van der Waals surface area contributed by atoms with Crippen LogP contribution in [0.4, 0.5) is 4.39 Å². The molecule has 2 nitrogen and oxygen atoms in total. The van der Waals surface area contributed by atoms with Gasteiger partial charge in [-0.3, -0.25) is 0 Å². The fourth-order valence-corrected chi connectivity index (χ4v) is 1.53. The first-order valence-corrected chi connectivity index (χ1v) is 6.42. The second-order valence-corrected chi connectivity index (χ2v) is 5.92. The van der Waals surface area contributed by atoms with Crippen molar-refractivity contribution in [2.75, 3.05) is 13.2 Å². The number of benzene rings is 1. The summed E-state index contributed by atoms with van der Waals surface area (Å²) in [7, 11) is 0. The molecule has 0 aromatic heterocycles. The molecule has 0 bridgehead atoms. The van der Waals surface area contributed by atoms with Gasteiger partial charge in [-0.05, 0) is 24.6 Å². The average Bonchev–Trinajstić information content (AvgIpc) is 2.28. The minimum Gasteiger partial charge on any atom is -0.490 e. The summed E-state index contributed by atoms with van der Waals surface area (Å²) in [5.41, 5.74) is 0.977. The lowest BCUT2D eigenvalue weighted by Crippen LogP contribution is -2.37. The van der Waals surface area contributed by atoms with Crippen LogP contribution in [0.3, 0.4) is 0 Å². The van der Waals surface area contributed by atoms with Crippen LogP contribution in [0.5, 0.6) is 5.75 Å². The monoisotopic (exact) mass is 253 g/mol. The van der Waals surface area contributed by atoms with Crippen LogP contribution < -0.4 is 10.1 Å². The van der Waals surface area contributed by atoms with Crippen LogP contribution in [0.2, 0.25) is 0 Å². The van der Waals surface area contributed by atoms with E-state index in [4.69, 9.17) is 4.74 Å². The summed E-state index contributed by atoms with van der Waals surface area (Å²) in [4.78, 5) is 0. The van der Waals surface area contributed by atoms with Gasteiger partial charge in [0.25, 0.3) is 0 Å². The van der Waals surface area contributed by atoms with Crippen LogP contribution >= 0.6 is 0 Å². The molecule has 0 saturated heterocycles. The number of hydrogen-bond donors (Lipinski definition) is 1. The van der Waals surface area contributed by atoms with E-state index in [1.165, 1.54) is 6.07 Å². The molecule has 102 valence electrons. The Kier molecular flexibility index (Phi) is 5.15. The first-order chi connectivity index (χ1) is 8.30. The maximum Gasteiger partial charge on any atom is 0.165 e. The Hall–Kier alpha value is -1.09. The highest BCUT2D eigenvalue weighted by Gasteiger charge is 2.19. The van der Waals surface area contributed by atoms with Crippen molar-refractivity contribution in [3.05, 3.63) is 29.6 Å². The summed E-state index contributed by atoms with van der Waals surface area (Å²) in [6.45, 7) is 11.7. The summed E-state index contributed by atoms with van der Waals surface area (Å²) in [5.74, 6) is 0.0424. The van der Waals surface area contributed by atoms with Gasteiger partial charge in [-0.15, -0.1) is 0 Å². The predicted molar refractivity (Wildman–Crippen MR) is 73.6 cm³/mol. The van der Waals surface area contributed by atoms with Gasteiger partial charge in [0, 0.05) is 18.0 Å². The van der Waals surface area contributed by atoms with Crippen LogP contribution in [-0.4, -0.2) is 19.2 Å². The molecule has 0 spiro atoms. The molecule has 18 heavy (non-hydrogen) atoms. The second kappa shape index (κ2) is 6.19. The molecule has 0 radical (unpaired) electrons. The third kappa shape index (κ3) is 5.05. The van der Waals surface area contributed by atoms with Gasteiger partial charge in [-0.1, -0.05) is 33.8 Å². The number of ether oxygens (including phenoxy) is 1. The van der Waals surface area contributed by atoms with Crippen LogP contribution in [0.15, 0.2) is 18.2 Å². The van der Waals surface area contributed by atoms with Gasteiger partial charge in [0.05, 0.1) is 6.61 Å². The SMILES string of the molecule is Cc1ccc(F)c(OCC(C)(C)CNC(C)C)c1. The maximum absolute atomic E-state index is 13.5. The zero-order valence-electron chi connectivity index (χ0n) is 12.0. The van der Waals surface area contributed by atoms with Gasteiger partial charge >= 0.3 is 0 Å². The van der Waals surface area contributed by atoms with Crippen LogP contribution in [-0.2, 0) is 0 Å². The van der Waals surface area contributed by atoms with Crippen molar-refractivity contribution < 1.29 is 9.13 Å². The first kappa shape index (κ1) is 15.0. The highest BCUT2D eigenvalue weighted by molar-refractivity contribution is 5.29. The van der Waals surface area contributed by atoms with E-state index in [1.54, 1.807) is 12.1 Å². The van der Waals surface area contributed by atoms with Gasteiger partial charge in [0.15, 0.2) is 11.6 Å². The molecule has 1 aromatic carbocycles. The molecule has 3 heteroatoms. The van der Waals surface area contributed by atoms with Crippen LogP contribution in [0, 0.1) is 18.2 Å². The van der Waals surface area contributed by atoms with Crippen LogP contribution in [0.25, 0.3) is 0 Å². The highest BCUT2D eigenvalue weighted by atomic mass is 19.1. The van der Waals surface area contributed by atoms with Gasteiger partial charge in [0.2, 0.25) is 0 Å². The fraction of sp³-hybridized carbons (Fsp3) is 0.600. The first-order valence-electron chi connectivity index (χ1n) is 6.42. The summed E-state index contributed by atoms with van der Waals surface area (Å²) in [5, 5.41) is 3.37. The molecule has 0 heterocycles. The van der Waals surface area contributed by atoms with Gasteiger partial charge in [0.1, 0.15) is 0 Å². The fourth-order valence-electron chi connectivity index (χ4n) is 1.53. The zero-order chi connectivity index (χ0) is 13.8. The topological polar surface area (TPSA) is 21.3 Å². The Morgan fingerprint density at radius 2 is 2.00 bits per heavy atom. The van der Waals surface area contributed by atoms with E-state index >= 15 is 0 Å². The average molecular weight is 253 g/mol. The quantitative estimate of drug-likeness (QED) is 0.837. The largest absolute Gasteiger partial charge is 0.490 e. The molecule has 1 N–H and O–H groups in total. The third-order valence-corrected chi connectivity index (χ3v) is 2.69. The molecule has 0 aliphatic heterocycles. The Balaban J connectivity index is 2.55. The molecular formula is C15H24FNO. The highest BCUT2D eigenvalue weighted by Crippen LogP contribution is 2.22. The van der Waals surface area contributed by atoms with Crippen LogP contribution in [0.1, 0.15) is 33.3 Å². The minimum absolute atomic E-state index is 0.0273. The standard InChI is InChI=1S/C15H24FNO/c1-11(2)17-9-15(4,5)10-18-14-8-12(3)6-7-13(14)16/h6-8,11,17H,9-10H2,1-5H3. The van der Waals surface area contributed by atoms with Gasteiger partial charge < -0.3 is 10.1 Å². The second-order valence-electron chi connectivity index (χ2n) is 5.92. The maximum atomic E-state index is 13.5. The number of aryl methyl sites for hydroxylation is 1. The summed E-state index contributed by atoms with van der Waals surface area (Å²) >= 11 is 0. The molecule has 0 unspecified atom stereocenters. The normalized spacial score (nSPS) is 11.9. The van der Waals surface area contributed by atoms with Gasteiger partial charge in [-0.2, -0.15) is 0 Å². The van der Waals surface area contributed by atoms with Gasteiger partial charge in [-0.25, -0.2) is 4.39 Å². The molecule has 1 rings (SSSR count). The summed E-state index contributed by atoms with van der Waals surface area (Å²) in [6.07, 6.45) is 0. The minimum atomic E-state index is -0.298. The number of hydrogen-bond acceptors (Lipinski definition) is 2. The van der Waals surface area contributed by atoms with Crippen molar-refractivity contribution >= 4 is 0 Å². The van der Waals surface area contributed by atoms with Crippen molar-refractivity contribution in [2.24, 2.45) is 5.41 Å². The Bertz CT molecular complexity index is 388. The van der Waals surface area contributed by atoms with E-state index in [0.29, 0.717) is 18.4 Å². The van der Waals surface area contributed by atoms with Crippen molar-refractivity contribution in [1.82, 2.24) is 5.32 Å². The molecule has 1 aromatic rings. The van der Waals surface area contributed by atoms with Crippen molar-refractivity contribution in [3.8, 4) is 5.75 Å².